The fourth-order valence-corrected chi connectivity index (χ4v) is 1.32. The lowest BCUT2D eigenvalue weighted by atomic mass is 10.1. The normalized spacial score (nSPS) is 11.8. The molecule has 0 aliphatic carbocycles. The molecule has 1 aromatic rings. The van der Waals surface area contributed by atoms with Gasteiger partial charge in [-0.3, -0.25) is 4.68 Å². The first kappa shape index (κ1) is 10.0. The van der Waals surface area contributed by atoms with E-state index in [0.717, 1.165) is 5.69 Å². The first-order valence-corrected chi connectivity index (χ1v) is 4.70. The maximum absolute atomic E-state index is 4.35. The molecular weight excluding hydrogens is 160 g/mol. The van der Waals surface area contributed by atoms with Gasteiger partial charge in [-0.15, -0.1) is 0 Å². The van der Waals surface area contributed by atoms with Crippen LogP contribution in [0, 0.1) is 19.8 Å². The van der Waals surface area contributed by atoms with Gasteiger partial charge in [0.25, 0.3) is 0 Å². The van der Waals surface area contributed by atoms with Gasteiger partial charge in [-0.05, 0) is 19.8 Å². The molecule has 0 aliphatic rings. The Morgan fingerprint density at radius 3 is 2.31 bits per heavy atom. The van der Waals surface area contributed by atoms with Gasteiger partial charge in [0, 0.05) is 18.3 Å². The molecule has 0 saturated heterocycles. The number of rotatable bonds is 2. The Kier molecular flexibility index (Phi) is 2.91. The summed E-state index contributed by atoms with van der Waals surface area (Å²) < 4.78 is 1.93. The van der Waals surface area contributed by atoms with Crippen molar-refractivity contribution in [3.8, 4) is 0 Å². The third-order valence-electron chi connectivity index (χ3n) is 2.21. The van der Waals surface area contributed by atoms with Crippen LogP contribution in [-0.2, 0) is 7.05 Å². The number of allylic oxidation sites excluding steroid dienone is 1. The smallest absolute Gasteiger partial charge is 0.0668 e. The Balaban J connectivity index is 3.00. The van der Waals surface area contributed by atoms with Crippen molar-refractivity contribution in [1.29, 1.82) is 0 Å². The molecule has 0 atom stereocenters. The second-order valence-electron chi connectivity index (χ2n) is 3.81. The summed E-state index contributed by atoms with van der Waals surface area (Å²) in [6.07, 6.45) is 4.37. The van der Waals surface area contributed by atoms with Gasteiger partial charge in [-0.2, -0.15) is 5.10 Å². The average Bonchev–Trinajstić information content (AvgIpc) is 2.24. The number of hydrogen-bond donors (Lipinski definition) is 0. The minimum absolute atomic E-state index is 0.596. The third-order valence-corrected chi connectivity index (χ3v) is 2.21. The van der Waals surface area contributed by atoms with Gasteiger partial charge in [-0.25, -0.2) is 0 Å². The van der Waals surface area contributed by atoms with Crippen molar-refractivity contribution in [2.75, 3.05) is 0 Å². The molecule has 2 nitrogen and oxygen atoms in total. The lowest BCUT2D eigenvalue weighted by Gasteiger charge is -1.96. The van der Waals surface area contributed by atoms with Gasteiger partial charge in [0.2, 0.25) is 0 Å². The molecule has 1 rings (SSSR count). The lowest BCUT2D eigenvalue weighted by molar-refractivity contribution is 0.731. The summed E-state index contributed by atoms with van der Waals surface area (Å²) in [6, 6.07) is 0. The van der Waals surface area contributed by atoms with Crippen LogP contribution in [0.1, 0.15) is 30.8 Å². The highest BCUT2D eigenvalue weighted by Crippen LogP contribution is 2.14. The summed E-state index contributed by atoms with van der Waals surface area (Å²) >= 11 is 0. The molecule has 13 heavy (non-hydrogen) atoms. The standard InChI is InChI=1S/C11H18N2/c1-8(2)6-7-11-9(3)12-13(5)10(11)4/h6-8H,1-5H3/b7-6+. The molecule has 0 aliphatic heterocycles. The summed E-state index contributed by atoms with van der Waals surface area (Å²) in [6.45, 7) is 8.50. The fourth-order valence-electron chi connectivity index (χ4n) is 1.32. The number of nitrogens with zero attached hydrogens (tertiary/aromatic N) is 2. The number of hydrogen-bond acceptors (Lipinski definition) is 1. The molecule has 0 saturated carbocycles. The van der Waals surface area contributed by atoms with Crippen LogP contribution in [0.15, 0.2) is 6.08 Å². The predicted octanol–water partition coefficient (Wildman–Crippen LogP) is 2.71. The van der Waals surface area contributed by atoms with Gasteiger partial charge in [0.15, 0.2) is 0 Å². The minimum Gasteiger partial charge on any atom is -0.272 e. The van der Waals surface area contributed by atoms with E-state index in [-0.39, 0.29) is 0 Å². The summed E-state index contributed by atoms with van der Waals surface area (Å²) in [5.74, 6) is 0.596. The SMILES string of the molecule is Cc1nn(C)c(C)c1/C=C/C(C)C. The van der Waals surface area contributed by atoms with E-state index in [2.05, 4.69) is 38.0 Å². The van der Waals surface area contributed by atoms with Crippen LogP contribution in [0.2, 0.25) is 0 Å². The zero-order chi connectivity index (χ0) is 10.0. The van der Waals surface area contributed by atoms with Crippen molar-refractivity contribution in [3.05, 3.63) is 23.0 Å². The van der Waals surface area contributed by atoms with Crippen LogP contribution < -0.4 is 0 Å². The molecule has 72 valence electrons. The maximum atomic E-state index is 4.35. The molecule has 1 heterocycles. The molecule has 0 bridgehead atoms. The van der Waals surface area contributed by atoms with Crippen LogP contribution in [0.25, 0.3) is 6.08 Å². The highest BCUT2D eigenvalue weighted by Gasteiger charge is 2.05. The van der Waals surface area contributed by atoms with Crippen LogP contribution in [0.3, 0.4) is 0 Å². The van der Waals surface area contributed by atoms with Crippen molar-refractivity contribution in [3.63, 3.8) is 0 Å². The van der Waals surface area contributed by atoms with Gasteiger partial charge in [0.05, 0.1) is 5.69 Å². The third kappa shape index (κ3) is 2.20. The van der Waals surface area contributed by atoms with E-state index in [1.54, 1.807) is 0 Å². The molecule has 0 spiro atoms. The molecule has 1 aromatic heterocycles. The summed E-state index contributed by atoms with van der Waals surface area (Å²) in [4.78, 5) is 0. The van der Waals surface area contributed by atoms with Gasteiger partial charge < -0.3 is 0 Å². The molecule has 0 N–H and O–H groups in total. The monoisotopic (exact) mass is 178 g/mol. The predicted molar refractivity (Wildman–Crippen MR) is 56.6 cm³/mol. The second kappa shape index (κ2) is 3.77. The molecule has 2 heteroatoms. The molecule has 0 fully saturated rings. The van der Waals surface area contributed by atoms with Crippen LogP contribution in [0.4, 0.5) is 0 Å². The Morgan fingerprint density at radius 1 is 1.31 bits per heavy atom. The first-order chi connectivity index (χ1) is 6.02. The van der Waals surface area contributed by atoms with E-state index in [4.69, 9.17) is 0 Å². The number of aromatic nitrogens is 2. The molecule has 0 aromatic carbocycles. The Labute approximate surface area is 80.3 Å². The quantitative estimate of drug-likeness (QED) is 0.681. The second-order valence-corrected chi connectivity index (χ2v) is 3.81. The van der Waals surface area contributed by atoms with Gasteiger partial charge >= 0.3 is 0 Å². The summed E-state index contributed by atoms with van der Waals surface area (Å²) in [5.41, 5.74) is 3.60. The van der Waals surface area contributed by atoms with E-state index < -0.39 is 0 Å². The minimum atomic E-state index is 0.596. The van der Waals surface area contributed by atoms with E-state index in [0.29, 0.717) is 5.92 Å². The molecular formula is C11H18N2. The van der Waals surface area contributed by atoms with Crippen molar-refractivity contribution in [2.24, 2.45) is 13.0 Å². The van der Waals surface area contributed by atoms with Gasteiger partial charge in [-0.1, -0.05) is 26.0 Å². The Morgan fingerprint density at radius 2 is 1.92 bits per heavy atom. The summed E-state index contributed by atoms with van der Waals surface area (Å²) in [7, 11) is 1.98. The highest BCUT2D eigenvalue weighted by atomic mass is 15.3. The topological polar surface area (TPSA) is 17.8 Å². The average molecular weight is 178 g/mol. The zero-order valence-electron chi connectivity index (χ0n) is 9.13. The highest BCUT2D eigenvalue weighted by molar-refractivity contribution is 5.54. The first-order valence-electron chi connectivity index (χ1n) is 4.70. The van der Waals surface area contributed by atoms with E-state index in [9.17, 15) is 0 Å². The zero-order valence-corrected chi connectivity index (χ0v) is 9.13. The fraction of sp³-hybridized carbons (Fsp3) is 0.545. The van der Waals surface area contributed by atoms with E-state index in [1.807, 2.05) is 18.7 Å². The van der Waals surface area contributed by atoms with E-state index in [1.165, 1.54) is 11.3 Å². The largest absolute Gasteiger partial charge is 0.272 e. The van der Waals surface area contributed by atoms with E-state index >= 15 is 0 Å². The lowest BCUT2D eigenvalue weighted by Crippen LogP contribution is -1.92. The van der Waals surface area contributed by atoms with Crippen LogP contribution in [-0.4, -0.2) is 9.78 Å². The Bertz CT molecular complexity index is 319. The van der Waals surface area contributed by atoms with Crippen molar-refractivity contribution < 1.29 is 0 Å². The molecule has 0 radical (unpaired) electrons. The van der Waals surface area contributed by atoms with Crippen LogP contribution >= 0.6 is 0 Å². The molecule has 0 unspecified atom stereocenters. The van der Waals surface area contributed by atoms with Crippen molar-refractivity contribution in [2.45, 2.75) is 27.7 Å². The maximum Gasteiger partial charge on any atom is 0.0668 e. The Hall–Kier alpha value is -1.05. The van der Waals surface area contributed by atoms with Crippen molar-refractivity contribution in [1.82, 2.24) is 9.78 Å². The summed E-state index contributed by atoms with van der Waals surface area (Å²) in [5, 5.41) is 4.35. The van der Waals surface area contributed by atoms with Crippen LogP contribution in [0.5, 0.6) is 0 Å². The van der Waals surface area contributed by atoms with Crippen molar-refractivity contribution >= 4 is 6.08 Å². The number of aryl methyl sites for hydroxylation is 2. The van der Waals surface area contributed by atoms with Gasteiger partial charge in [0.1, 0.15) is 0 Å². The molecule has 0 amide bonds.